The predicted molar refractivity (Wildman–Crippen MR) is 95.8 cm³/mol. The average molecular weight is 359 g/mol. The van der Waals surface area contributed by atoms with Gasteiger partial charge in [0.25, 0.3) is 0 Å². The molecule has 2 aliphatic rings. The third kappa shape index (κ3) is 5.36. The van der Waals surface area contributed by atoms with Crippen LogP contribution in [0.15, 0.2) is 4.99 Å². The first-order chi connectivity index (χ1) is 11.4. The maximum Gasteiger partial charge on any atom is 0.222 e. The maximum absolute atomic E-state index is 11.9. The molecule has 0 saturated carbocycles. The Morgan fingerprint density at radius 2 is 2.21 bits per heavy atom. The first kappa shape index (κ1) is 19.0. The number of rotatable bonds is 7. The van der Waals surface area contributed by atoms with Gasteiger partial charge in [0.2, 0.25) is 5.91 Å². The van der Waals surface area contributed by atoms with Crippen LogP contribution in [-0.2, 0) is 14.6 Å². The number of nitrogens with one attached hydrogen (secondary N) is 2. The van der Waals surface area contributed by atoms with Gasteiger partial charge < -0.3 is 15.5 Å². The van der Waals surface area contributed by atoms with Crippen molar-refractivity contribution in [3.63, 3.8) is 0 Å². The minimum Gasteiger partial charge on any atom is -0.357 e. The van der Waals surface area contributed by atoms with Crippen LogP contribution >= 0.6 is 0 Å². The van der Waals surface area contributed by atoms with Gasteiger partial charge in [-0.25, -0.2) is 8.42 Å². The van der Waals surface area contributed by atoms with Crippen molar-refractivity contribution in [2.75, 3.05) is 31.1 Å². The lowest BCUT2D eigenvalue weighted by molar-refractivity contribution is -0.129. The zero-order chi connectivity index (χ0) is 17.6. The molecule has 2 saturated heterocycles. The zero-order valence-corrected chi connectivity index (χ0v) is 15.6. The van der Waals surface area contributed by atoms with E-state index in [4.69, 9.17) is 0 Å². The molecular formula is C16H30N4O3S. The van der Waals surface area contributed by atoms with Gasteiger partial charge in [-0.3, -0.25) is 9.79 Å². The molecule has 0 bridgehead atoms. The van der Waals surface area contributed by atoms with E-state index in [1.54, 1.807) is 0 Å². The fourth-order valence-corrected chi connectivity index (χ4v) is 5.06. The number of amides is 1. The number of likely N-dealkylation sites (tertiary alicyclic amines) is 1. The summed E-state index contributed by atoms with van der Waals surface area (Å²) in [4.78, 5) is 18.4. The summed E-state index contributed by atoms with van der Waals surface area (Å²) in [6.07, 6.45) is 4.03. The molecule has 0 aromatic carbocycles. The highest BCUT2D eigenvalue weighted by molar-refractivity contribution is 7.91. The second-order valence-corrected chi connectivity index (χ2v) is 8.78. The number of guanidine groups is 1. The minimum atomic E-state index is -2.90. The molecule has 2 atom stereocenters. The molecule has 2 heterocycles. The summed E-state index contributed by atoms with van der Waals surface area (Å²) in [5.41, 5.74) is 0. The molecule has 8 heteroatoms. The second-order valence-electron chi connectivity index (χ2n) is 6.55. The number of aliphatic imine (C=N–C) groups is 1. The Bertz CT molecular complexity index is 562. The summed E-state index contributed by atoms with van der Waals surface area (Å²) in [6, 6.07) is 0.188. The standard InChI is InChI=1S/C16H30N4O3S/c1-3-14(20-10-5-6-15(20)21)7-9-18-16(17-4-2)19-13-8-11-24(22,23)12-13/h13-14H,3-12H2,1-2H3,(H2,17,18,19). The molecule has 2 unspecified atom stereocenters. The molecular weight excluding hydrogens is 328 g/mol. The lowest BCUT2D eigenvalue weighted by atomic mass is 10.1. The Morgan fingerprint density at radius 1 is 1.42 bits per heavy atom. The molecule has 138 valence electrons. The van der Waals surface area contributed by atoms with Crippen molar-refractivity contribution in [1.82, 2.24) is 15.5 Å². The van der Waals surface area contributed by atoms with Gasteiger partial charge in [0.1, 0.15) is 0 Å². The third-order valence-electron chi connectivity index (χ3n) is 4.67. The van der Waals surface area contributed by atoms with Crippen molar-refractivity contribution in [1.29, 1.82) is 0 Å². The normalized spacial score (nSPS) is 25.1. The number of carbonyl (C=O) groups excluding carboxylic acids is 1. The van der Waals surface area contributed by atoms with Gasteiger partial charge in [-0.05, 0) is 32.6 Å². The van der Waals surface area contributed by atoms with Crippen molar-refractivity contribution in [2.45, 2.75) is 58.0 Å². The quantitative estimate of drug-likeness (QED) is 0.511. The van der Waals surface area contributed by atoms with Crippen molar-refractivity contribution in [3.05, 3.63) is 0 Å². The highest BCUT2D eigenvalue weighted by Crippen LogP contribution is 2.18. The molecule has 2 fully saturated rings. The van der Waals surface area contributed by atoms with Gasteiger partial charge in [0, 0.05) is 38.1 Å². The first-order valence-corrected chi connectivity index (χ1v) is 10.8. The van der Waals surface area contributed by atoms with E-state index in [-0.39, 0.29) is 29.5 Å². The van der Waals surface area contributed by atoms with Crippen molar-refractivity contribution in [2.24, 2.45) is 4.99 Å². The number of sulfone groups is 1. The maximum atomic E-state index is 11.9. The van der Waals surface area contributed by atoms with Crippen LogP contribution in [0.25, 0.3) is 0 Å². The van der Waals surface area contributed by atoms with Crippen LogP contribution in [-0.4, -0.2) is 68.4 Å². The lowest BCUT2D eigenvalue weighted by Gasteiger charge is -2.26. The summed E-state index contributed by atoms with van der Waals surface area (Å²) < 4.78 is 23.1. The van der Waals surface area contributed by atoms with Gasteiger partial charge in [-0.1, -0.05) is 6.92 Å². The predicted octanol–water partition coefficient (Wildman–Crippen LogP) is 0.520. The second kappa shape index (κ2) is 8.69. The summed E-state index contributed by atoms with van der Waals surface area (Å²) in [6.45, 7) is 6.30. The Balaban J connectivity index is 1.86. The van der Waals surface area contributed by atoms with E-state index >= 15 is 0 Å². The Kier molecular flexibility index (Phi) is 6.89. The first-order valence-electron chi connectivity index (χ1n) is 9.00. The van der Waals surface area contributed by atoms with Gasteiger partial charge in [-0.2, -0.15) is 0 Å². The lowest BCUT2D eigenvalue weighted by Crippen LogP contribution is -2.44. The highest BCUT2D eigenvalue weighted by atomic mass is 32.2. The van der Waals surface area contributed by atoms with Gasteiger partial charge in [0.15, 0.2) is 15.8 Å². The van der Waals surface area contributed by atoms with Crippen LogP contribution in [0, 0.1) is 0 Å². The van der Waals surface area contributed by atoms with Crippen LogP contribution in [0.3, 0.4) is 0 Å². The van der Waals surface area contributed by atoms with Crippen LogP contribution in [0.1, 0.15) is 46.0 Å². The highest BCUT2D eigenvalue weighted by Gasteiger charge is 2.29. The molecule has 0 aliphatic carbocycles. The van der Waals surface area contributed by atoms with E-state index < -0.39 is 9.84 Å². The smallest absolute Gasteiger partial charge is 0.222 e. The molecule has 0 radical (unpaired) electrons. The molecule has 1 amide bonds. The third-order valence-corrected chi connectivity index (χ3v) is 6.44. The van der Waals surface area contributed by atoms with E-state index in [1.165, 1.54) is 0 Å². The molecule has 24 heavy (non-hydrogen) atoms. The summed E-state index contributed by atoms with van der Waals surface area (Å²) in [5, 5.41) is 6.39. The van der Waals surface area contributed by atoms with Crippen LogP contribution in [0.4, 0.5) is 0 Å². The molecule has 2 N–H and O–H groups in total. The minimum absolute atomic E-state index is 0.0602. The van der Waals surface area contributed by atoms with Crippen LogP contribution in [0.2, 0.25) is 0 Å². The summed E-state index contributed by atoms with van der Waals surface area (Å²) in [5.74, 6) is 1.35. The molecule has 2 aliphatic heterocycles. The average Bonchev–Trinajstić information content (AvgIpc) is 3.09. The monoisotopic (exact) mass is 358 g/mol. The molecule has 7 nitrogen and oxygen atoms in total. The topological polar surface area (TPSA) is 90.9 Å². The fraction of sp³-hybridized carbons (Fsp3) is 0.875. The summed E-state index contributed by atoms with van der Waals surface area (Å²) >= 11 is 0. The number of nitrogens with zero attached hydrogens (tertiary/aromatic N) is 2. The van der Waals surface area contributed by atoms with Gasteiger partial charge >= 0.3 is 0 Å². The molecule has 2 rings (SSSR count). The summed E-state index contributed by atoms with van der Waals surface area (Å²) in [7, 11) is -2.90. The van der Waals surface area contributed by atoms with Crippen LogP contribution < -0.4 is 10.6 Å². The molecule has 0 aromatic heterocycles. The molecule has 0 spiro atoms. The molecule has 0 aromatic rings. The van der Waals surface area contributed by atoms with E-state index in [0.717, 1.165) is 32.4 Å². The number of carbonyl (C=O) groups is 1. The van der Waals surface area contributed by atoms with E-state index in [1.807, 2.05) is 11.8 Å². The number of hydrogen-bond donors (Lipinski definition) is 2. The Morgan fingerprint density at radius 3 is 2.75 bits per heavy atom. The van der Waals surface area contributed by atoms with E-state index in [0.29, 0.717) is 25.3 Å². The fourth-order valence-electron chi connectivity index (χ4n) is 3.38. The Hall–Kier alpha value is -1.31. The number of hydrogen-bond acceptors (Lipinski definition) is 4. The largest absolute Gasteiger partial charge is 0.357 e. The van der Waals surface area contributed by atoms with Crippen LogP contribution in [0.5, 0.6) is 0 Å². The van der Waals surface area contributed by atoms with Crippen molar-refractivity contribution in [3.8, 4) is 0 Å². The van der Waals surface area contributed by atoms with Crippen molar-refractivity contribution < 1.29 is 13.2 Å². The van der Waals surface area contributed by atoms with Crippen molar-refractivity contribution >= 4 is 21.7 Å². The zero-order valence-electron chi connectivity index (χ0n) is 14.8. The van der Waals surface area contributed by atoms with Gasteiger partial charge in [0.05, 0.1) is 11.5 Å². The van der Waals surface area contributed by atoms with E-state index in [2.05, 4.69) is 22.5 Å². The van der Waals surface area contributed by atoms with Gasteiger partial charge in [-0.15, -0.1) is 0 Å². The SMILES string of the molecule is CCNC(=NCCC(CC)N1CCCC1=O)NC1CCS(=O)(=O)C1. The van der Waals surface area contributed by atoms with E-state index in [9.17, 15) is 13.2 Å². The Labute approximate surface area is 145 Å².